The standard InChI is InChI=1S/C9H9ClN6O/c10-9-12-2-1-7(15-9)14-8(17)5-16-4-6(11)3-13-16/h1-4H,5,11H2,(H,12,14,15,17). The van der Waals surface area contributed by atoms with Crippen molar-refractivity contribution in [3.63, 3.8) is 0 Å². The summed E-state index contributed by atoms with van der Waals surface area (Å²) >= 11 is 5.58. The van der Waals surface area contributed by atoms with Gasteiger partial charge >= 0.3 is 0 Å². The van der Waals surface area contributed by atoms with Gasteiger partial charge in [0, 0.05) is 12.4 Å². The minimum absolute atomic E-state index is 0.0544. The summed E-state index contributed by atoms with van der Waals surface area (Å²) < 4.78 is 1.42. The molecule has 3 N–H and O–H groups in total. The number of nitrogen functional groups attached to an aromatic ring is 1. The van der Waals surface area contributed by atoms with Crippen molar-refractivity contribution in [2.75, 3.05) is 11.1 Å². The molecule has 0 saturated carbocycles. The Bertz CT molecular complexity index is 540. The number of halogens is 1. The first-order valence-corrected chi connectivity index (χ1v) is 5.07. The van der Waals surface area contributed by atoms with Crippen LogP contribution in [0.3, 0.4) is 0 Å². The van der Waals surface area contributed by atoms with Gasteiger partial charge in [-0.25, -0.2) is 9.97 Å². The van der Waals surface area contributed by atoms with E-state index in [4.69, 9.17) is 17.3 Å². The zero-order chi connectivity index (χ0) is 12.3. The van der Waals surface area contributed by atoms with Gasteiger partial charge in [-0.15, -0.1) is 0 Å². The van der Waals surface area contributed by atoms with Crippen LogP contribution in [0.5, 0.6) is 0 Å². The number of anilines is 2. The number of nitrogens with one attached hydrogen (secondary N) is 1. The number of nitrogens with zero attached hydrogens (tertiary/aromatic N) is 4. The van der Waals surface area contributed by atoms with Gasteiger partial charge in [0.05, 0.1) is 11.9 Å². The Hall–Kier alpha value is -2.15. The highest BCUT2D eigenvalue weighted by Gasteiger charge is 2.05. The Labute approximate surface area is 102 Å². The number of amides is 1. The van der Waals surface area contributed by atoms with Crippen LogP contribution in [0.1, 0.15) is 0 Å². The summed E-state index contributed by atoms with van der Waals surface area (Å²) in [6.07, 6.45) is 4.48. The van der Waals surface area contributed by atoms with Crippen molar-refractivity contribution in [1.82, 2.24) is 19.7 Å². The fraction of sp³-hybridized carbons (Fsp3) is 0.111. The molecule has 2 rings (SSSR count). The van der Waals surface area contributed by atoms with E-state index in [0.717, 1.165) is 0 Å². The predicted molar refractivity (Wildman–Crippen MR) is 62.3 cm³/mol. The van der Waals surface area contributed by atoms with Crippen LogP contribution < -0.4 is 11.1 Å². The van der Waals surface area contributed by atoms with Crippen molar-refractivity contribution in [3.05, 3.63) is 29.9 Å². The normalized spacial score (nSPS) is 10.2. The molecule has 0 atom stereocenters. The molecular formula is C9H9ClN6O. The van der Waals surface area contributed by atoms with Crippen molar-refractivity contribution in [3.8, 4) is 0 Å². The van der Waals surface area contributed by atoms with Crippen LogP contribution in [0.15, 0.2) is 24.7 Å². The van der Waals surface area contributed by atoms with Crippen LogP contribution in [0.2, 0.25) is 5.28 Å². The molecule has 17 heavy (non-hydrogen) atoms. The number of nitrogens with two attached hydrogens (primary N) is 1. The zero-order valence-corrected chi connectivity index (χ0v) is 9.42. The number of hydrogen-bond donors (Lipinski definition) is 2. The van der Waals surface area contributed by atoms with Crippen molar-refractivity contribution < 1.29 is 4.79 Å². The molecule has 2 aromatic heterocycles. The summed E-state index contributed by atoms with van der Waals surface area (Å²) in [6.45, 7) is 0.0544. The summed E-state index contributed by atoms with van der Waals surface area (Å²) in [5.41, 5.74) is 5.98. The molecule has 0 aliphatic carbocycles. The fourth-order valence-electron chi connectivity index (χ4n) is 1.20. The number of aromatic nitrogens is 4. The van der Waals surface area contributed by atoms with E-state index in [9.17, 15) is 4.79 Å². The maximum atomic E-state index is 11.6. The second-order valence-corrected chi connectivity index (χ2v) is 3.57. The van der Waals surface area contributed by atoms with Gasteiger partial charge in [0.15, 0.2) is 0 Å². The van der Waals surface area contributed by atoms with Crippen LogP contribution in [0.25, 0.3) is 0 Å². The molecule has 7 nitrogen and oxygen atoms in total. The van der Waals surface area contributed by atoms with Crippen LogP contribution in [0.4, 0.5) is 11.5 Å². The topological polar surface area (TPSA) is 98.7 Å². The Morgan fingerprint density at radius 1 is 1.59 bits per heavy atom. The van der Waals surface area contributed by atoms with E-state index >= 15 is 0 Å². The predicted octanol–water partition coefficient (Wildman–Crippen LogP) is 0.547. The maximum absolute atomic E-state index is 11.6. The molecule has 0 radical (unpaired) electrons. The molecule has 0 spiro atoms. The largest absolute Gasteiger partial charge is 0.396 e. The van der Waals surface area contributed by atoms with Crippen molar-refractivity contribution in [1.29, 1.82) is 0 Å². The third-order valence-corrected chi connectivity index (χ3v) is 2.03. The molecular weight excluding hydrogens is 244 g/mol. The maximum Gasteiger partial charge on any atom is 0.247 e. The molecule has 0 aromatic carbocycles. The average molecular weight is 253 g/mol. The minimum atomic E-state index is -0.275. The van der Waals surface area contributed by atoms with Crippen molar-refractivity contribution in [2.24, 2.45) is 0 Å². The smallest absolute Gasteiger partial charge is 0.247 e. The molecule has 0 fully saturated rings. The average Bonchev–Trinajstić information content (AvgIpc) is 2.63. The highest BCUT2D eigenvalue weighted by molar-refractivity contribution is 6.28. The fourth-order valence-corrected chi connectivity index (χ4v) is 1.35. The van der Waals surface area contributed by atoms with Crippen LogP contribution in [-0.2, 0) is 11.3 Å². The van der Waals surface area contributed by atoms with E-state index in [0.29, 0.717) is 11.5 Å². The van der Waals surface area contributed by atoms with Gasteiger partial charge < -0.3 is 11.1 Å². The lowest BCUT2D eigenvalue weighted by Crippen LogP contribution is -2.19. The summed E-state index contributed by atoms with van der Waals surface area (Å²) in [4.78, 5) is 19.1. The number of rotatable bonds is 3. The van der Waals surface area contributed by atoms with Crippen LogP contribution >= 0.6 is 11.6 Å². The molecule has 1 amide bonds. The Kier molecular flexibility index (Phi) is 3.20. The second kappa shape index (κ2) is 4.79. The molecule has 0 bridgehead atoms. The summed E-state index contributed by atoms with van der Waals surface area (Å²) in [5.74, 6) is 0.0676. The lowest BCUT2D eigenvalue weighted by molar-refractivity contribution is -0.116. The molecule has 2 heterocycles. The van der Waals surface area contributed by atoms with Gasteiger partial charge in [-0.1, -0.05) is 0 Å². The SMILES string of the molecule is Nc1cnn(CC(=O)Nc2ccnc(Cl)n2)c1. The van der Waals surface area contributed by atoms with E-state index in [-0.39, 0.29) is 17.7 Å². The van der Waals surface area contributed by atoms with Gasteiger partial charge in [0.2, 0.25) is 11.2 Å². The van der Waals surface area contributed by atoms with Crippen molar-refractivity contribution >= 4 is 29.0 Å². The van der Waals surface area contributed by atoms with E-state index in [1.165, 1.54) is 17.1 Å². The van der Waals surface area contributed by atoms with Crippen molar-refractivity contribution in [2.45, 2.75) is 6.54 Å². The first-order valence-electron chi connectivity index (χ1n) is 4.70. The first-order chi connectivity index (χ1) is 8.13. The Morgan fingerprint density at radius 3 is 3.06 bits per heavy atom. The van der Waals surface area contributed by atoms with Crippen LogP contribution in [0, 0.1) is 0 Å². The molecule has 0 aliphatic heterocycles. The third kappa shape index (κ3) is 3.15. The molecule has 0 unspecified atom stereocenters. The highest BCUT2D eigenvalue weighted by atomic mass is 35.5. The van der Waals surface area contributed by atoms with Gasteiger partial charge in [-0.3, -0.25) is 9.48 Å². The summed E-state index contributed by atoms with van der Waals surface area (Å²) in [7, 11) is 0. The molecule has 88 valence electrons. The zero-order valence-electron chi connectivity index (χ0n) is 8.67. The van der Waals surface area contributed by atoms with Crippen LogP contribution in [-0.4, -0.2) is 25.7 Å². The van der Waals surface area contributed by atoms with E-state index < -0.39 is 0 Å². The third-order valence-electron chi connectivity index (χ3n) is 1.85. The first kappa shape index (κ1) is 11.3. The lowest BCUT2D eigenvalue weighted by Gasteiger charge is -2.04. The highest BCUT2D eigenvalue weighted by Crippen LogP contribution is 2.06. The Morgan fingerprint density at radius 2 is 2.41 bits per heavy atom. The second-order valence-electron chi connectivity index (χ2n) is 3.23. The quantitative estimate of drug-likeness (QED) is 0.777. The molecule has 2 aromatic rings. The van der Waals surface area contributed by atoms with Gasteiger partial charge in [0.25, 0.3) is 0 Å². The molecule has 0 saturated heterocycles. The van der Waals surface area contributed by atoms with E-state index in [1.807, 2.05) is 0 Å². The number of carbonyl (C=O) groups is 1. The van der Waals surface area contributed by atoms with E-state index in [2.05, 4.69) is 20.4 Å². The molecule has 0 aliphatic rings. The lowest BCUT2D eigenvalue weighted by atomic mass is 10.5. The summed E-state index contributed by atoms with van der Waals surface area (Å²) in [6, 6.07) is 1.54. The number of carbonyl (C=O) groups excluding carboxylic acids is 1. The monoisotopic (exact) mass is 252 g/mol. The summed E-state index contributed by atoms with van der Waals surface area (Å²) in [5, 5.41) is 6.53. The van der Waals surface area contributed by atoms with Gasteiger partial charge in [-0.2, -0.15) is 5.10 Å². The van der Waals surface area contributed by atoms with Gasteiger partial charge in [-0.05, 0) is 17.7 Å². The minimum Gasteiger partial charge on any atom is -0.396 e. The van der Waals surface area contributed by atoms with E-state index in [1.54, 1.807) is 12.3 Å². The van der Waals surface area contributed by atoms with Gasteiger partial charge in [0.1, 0.15) is 12.4 Å². The Balaban J connectivity index is 1.98. The molecule has 8 heteroatoms. The number of hydrogen-bond acceptors (Lipinski definition) is 5.